The molecular weight excluding hydrogens is 218 g/mol. The fraction of sp³-hybridized carbons (Fsp3) is 0.727. The highest BCUT2D eigenvalue weighted by Gasteiger charge is 2.05. The Kier molecular flexibility index (Phi) is 6.06. The number of hydrogen-bond donors (Lipinski definition) is 2. The molecular formula is C11H21N5O. The van der Waals surface area contributed by atoms with Crippen molar-refractivity contribution in [2.45, 2.75) is 33.1 Å². The van der Waals surface area contributed by atoms with E-state index in [-0.39, 0.29) is 0 Å². The van der Waals surface area contributed by atoms with Crippen LogP contribution in [0, 0.1) is 0 Å². The molecule has 0 spiro atoms. The number of anilines is 2. The van der Waals surface area contributed by atoms with Crippen LogP contribution in [0.3, 0.4) is 0 Å². The van der Waals surface area contributed by atoms with E-state index in [0.717, 1.165) is 32.4 Å². The van der Waals surface area contributed by atoms with Crippen molar-refractivity contribution in [3.8, 4) is 6.01 Å². The molecule has 0 saturated carbocycles. The van der Waals surface area contributed by atoms with Crippen LogP contribution < -0.4 is 15.4 Å². The molecule has 0 fully saturated rings. The van der Waals surface area contributed by atoms with Crippen LogP contribution in [-0.2, 0) is 0 Å². The molecule has 0 atom stereocenters. The maximum atomic E-state index is 5.04. The van der Waals surface area contributed by atoms with Gasteiger partial charge in [0.1, 0.15) is 0 Å². The van der Waals surface area contributed by atoms with Gasteiger partial charge in [-0.2, -0.15) is 15.0 Å². The summed E-state index contributed by atoms with van der Waals surface area (Å²) in [5.74, 6) is 1.11. The molecule has 2 N–H and O–H groups in total. The third-order valence-corrected chi connectivity index (χ3v) is 2.14. The molecule has 0 aliphatic heterocycles. The van der Waals surface area contributed by atoms with E-state index in [1.54, 1.807) is 7.11 Å². The fourth-order valence-corrected chi connectivity index (χ4v) is 1.22. The molecule has 0 aromatic carbocycles. The van der Waals surface area contributed by atoms with Gasteiger partial charge in [-0.15, -0.1) is 0 Å². The molecule has 0 amide bonds. The van der Waals surface area contributed by atoms with Crippen LogP contribution in [0.4, 0.5) is 11.9 Å². The summed E-state index contributed by atoms with van der Waals surface area (Å²) < 4.78 is 5.04. The van der Waals surface area contributed by atoms with E-state index < -0.39 is 0 Å². The lowest BCUT2D eigenvalue weighted by molar-refractivity contribution is 0.379. The second-order valence-corrected chi connectivity index (χ2v) is 3.68. The Morgan fingerprint density at radius 3 is 2.12 bits per heavy atom. The van der Waals surface area contributed by atoms with Gasteiger partial charge in [0.25, 0.3) is 0 Å². The molecule has 96 valence electrons. The molecule has 1 heterocycles. The molecule has 1 rings (SSSR count). The highest BCUT2D eigenvalue weighted by atomic mass is 16.5. The van der Waals surface area contributed by atoms with Gasteiger partial charge in [-0.05, 0) is 12.8 Å². The van der Waals surface area contributed by atoms with Gasteiger partial charge in [-0.3, -0.25) is 0 Å². The van der Waals surface area contributed by atoms with Gasteiger partial charge in [0.2, 0.25) is 11.9 Å². The number of ether oxygens (including phenoxy) is 1. The van der Waals surface area contributed by atoms with Gasteiger partial charge < -0.3 is 15.4 Å². The molecule has 0 aliphatic carbocycles. The quantitative estimate of drug-likeness (QED) is 0.675. The molecule has 0 bridgehead atoms. The third kappa shape index (κ3) is 4.84. The van der Waals surface area contributed by atoms with Gasteiger partial charge in [-0.1, -0.05) is 20.3 Å². The first-order valence-corrected chi connectivity index (χ1v) is 6.08. The summed E-state index contributed by atoms with van der Waals surface area (Å²) in [5.41, 5.74) is 0. The molecule has 1 aromatic heterocycles. The molecule has 17 heavy (non-hydrogen) atoms. The summed E-state index contributed by atoms with van der Waals surface area (Å²) in [7, 11) is 1.55. The summed E-state index contributed by atoms with van der Waals surface area (Å²) in [6.45, 7) is 5.92. The van der Waals surface area contributed by atoms with E-state index in [4.69, 9.17) is 4.74 Å². The van der Waals surface area contributed by atoms with Crippen molar-refractivity contribution in [3.63, 3.8) is 0 Å². The minimum Gasteiger partial charge on any atom is -0.467 e. The Labute approximate surface area is 102 Å². The smallest absolute Gasteiger partial charge is 0.322 e. The molecule has 1 aromatic rings. The normalized spacial score (nSPS) is 10.1. The lowest BCUT2D eigenvalue weighted by Gasteiger charge is -2.08. The zero-order chi connectivity index (χ0) is 12.5. The Morgan fingerprint density at radius 2 is 1.59 bits per heavy atom. The first-order chi connectivity index (χ1) is 8.30. The molecule has 6 heteroatoms. The van der Waals surface area contributed by atoms with Crippen LogP contribution in [0.2, 0.25) is 0 Å². The zero-order valence-electron chi connectivity index (χ0n) is 10.8. The average Bonchev–Trinajstić information content (AvgIpc) is 2.36. The Balaban J connectivity index is 2.67. The number of aromatic nitrogens is 3. The maximum absolute atomic E-state index is 5.04. The second-order valence-electron chi connectivity index (χ2n) is 3.68. The summed E-state index contributed by atoms with van der Waals surface area (Å²) in [6.07, 6.45) is 3.24. The molecule has 0 aliphatic rings. The van der Waals surface area contributed by atoms with Crippen molar-refractivity contribution >= 4 is 11.9 Å². The maximum Gasteiger partial charge on any atom is 0.322 e. The summed E-state index contributed by atoms with van der Waals surface area (Å²) in [5, 5.41) is 6.27. The first-order valence-electron chi connectivity index (χ1n) is 6.08. The van der Waals surface area contributed by atoms with Crippen molar-refractivity contribution in [2.75, 3.05) is 30.8 Å². The Bertz CT molecular complexity index is 332. The van der Waals surface area contributed by atoms with Gasteiger partial charge in [0.05, 0.1) is 7.11 Å². The average molecular weight is 239 g/mol. The van der Waals surface area contributed by atoms with Crippen molar-refractivity contribution in [1.29, 1.82) is 0 Å². The number of rotatable bonds is 8. The van der Waals surface area contributed by atoms with E-state index in [1.807, 2.05) is 0 Å². The monoisotopic (exact) mass is 239 g/mol. The van der Waals surface area contributed by atoms with Crippen molar-refractivity contribution in [1.82, 2.24) is 15.0 Å². The van der Waals surface area contributed by atoms with Gasteiger partial charge in [-0.25, -0.2) is 0 Å². The number of unbranched alkanes of at least 4 members (excludes halogenated alkanes) is 1. The minimum atomic E-state index is 0.331. The third-order valence-electron chi connectivity index (χ3n) is 2.14. The first kappa shape index (κ1) is 13.5. The van der Waals surface area contributed by atoms with Crippen molar-refractivity contribution in [3.05, 3.63) is 0 Å². The van der Waals surface area contributed by atoms with E-state index >= 15 is 0 Å². The molecule has 0 unspecified atom stereocenters. The van der Waals surface area contributed by atoms with Crippen LogP contribution in [0.1, 0.15) is 33.1 Å². The second kappa shape index (κ2) is 7.65. The van der Waals surface area contributed by atoms with E-state index in [9.17, 15) is 0 Å². The Hall–Kier alpha value is -1.59. The number of hydrogen-bond acceptors (Lipinski definition) is 6. The van der Waals surface area contributed by atoms with Crippen molar-refractivity contribution < 1.29 is 4.74 Å². The lowest BCUT2D eigenvalue weighted by Crippen LogP contribution is -2.11. The predicted molar refractivity (Wildman–Crippen MR) is 68.6 cm³/mol. The van der Waals surface area contributed by atoms with Crippen LogP contribution in [0.5, 0.6) is 6.01 Å². The topological polar surface area (TPSA) is 72.0 Å². The van der Waals surface area contributed by atoms with E-state index in [2.05, 4.69) is 39.4 Å². The highest BCUT2D eigenvalue weighted by molar-refractivity contribution is 5.35. The number of nitrogens with one attached hydrogen (secondary N) is 2. The molecule has 6 nitrogen and oxygen atoms in total. The largest absolute Gasteiger partial charge is 0.467 e. The zero-order valence-corrected chi connectivity index (χ0v) is 10.8. The van der Waals surface area contributed by atoms with Crippen LogP contribution in [0.15, 0.2) is 0 Å². The van der Waals surface area contributed by atoms with Crippen LogP contribution >= 0.6 is 0 Å². The fourth-order valence-electron chi connectivity index (χ4n) is 1.22. The molecule has 0 radical (unpaired) electrons. The van der Waals surface area contributed by atoms with Gasteiger partial charge in [0.15, 0.2) is 0 Å². The van der Waals surface area contributed by atoms with E-state index in [1.165, 1.54) is 0 Å². The predicted octanol–water partition coefficient (Wildman–Crippen LogP) is 1.91. The lowest BCUT2D eigenvalue weighted by atomic mass is 10.3. The number of methoxy groups -OCH3 is 1. The van der Waals surface area contributed by atoms with Crippen LogP contribution in [0.25, 0.3) is 0 Å². The Morgan fingerprint density at radius 1 is 0.941 bits per heavy atom. The SMILES string of the molecule is CCCCNc1nc(NCCC)nc(OC)n1. The molecule has 0 saturated heterocycles. The summed E-state index contributed by atoms with van der Waals surface area (Å²) >= 11 is 0. The summed E-state index contributed by atoms with van der Waals surface area (Å²) in [6, 6.07) is 0.331. The highest BCUT2D eigenvalue weighted by Crippen LogP contribution is 2.10. The van der Waals surface area contributed by atoms with E-state index in [0.29, 0.717) is 17.9 Å². The van der Waals surface area contributed by atoms with Crippen LogP contribution in [-0.4, -0.2) is 35.2 Å². The van der Waals surface area contributed by atoms with Crippen molar-refractivity contribution in [2.24, 2.45) is 0 Å². The number of nitrogens with zero attached hydrogens (tertiary/aromatic N) is 3. The standard InChI is InChI=1S/C11H21N5O/c1-4-6-8-13-10-14-9(12-7-5-2)15-11(16-10)17-3/h4-8H2,1-3H3,(H2,12,13,14,15,16). The summed E-state index contributed by atoms with van der Waals surface area (Å²) in [4.78, 5) is 12.5. The van der Waals surface area contributed by atoms with Gasteiger partial charge >= 0.3 is 6.01 Å². The minimum absolute atomic E-state index is 0.331. The van der Waals surface area contributed by atoms with Gasteiger partial charge in [0, 0.05) is 13.1 Å².